The molecule has 1 aromatic heterocycles. The van der Waals surface area contributed by atoms with Gasteiger partial charge in [0.05, 0.1) is 23.8 Å². The molecule has 1 aromatic rings. The molecule has 0 spiro atoms. The molecule has 148 valence electrons. The highest BCUT2D eigenvalue weighted by Crippen LogP contribution is 2.46. The average Bonchev–Trinajstić information content (AvgIpc) is 2.60. The van der Waals surface area contributed by atoms with Gasteiger partial charge in [-0.15, -0.1) is 0 Å². The summed E-state index contributed by atoms with van der Waals surface area (Å²) in [7, 11) is 0. The van der Waals surface area contributed by atoms with Crippen LogP contribution >= 0.6 is 0 Å². The maximum Gasteiger partial charge on any atom is 0.153 e. The Morgan fingerprint density at radius 2 is 2.11 bits per heavy atom. The Balaban J connectivity index is 2.16. The van der Waals surface area contributed by atoms with Gasteiger partial charge in [0.2, 0.25) is 0 Å². The number of hydrogen-bond acceptors (Lipinski definition) is 6. The third kappa shape index (κ3) is 5.05. The second-order valence-corrected chi connectivity index (χ2v) is 8.27. The Morgan fingerprint density at radius 1 is 1.41 bits per heavy atom. The molecule has 7 heteroatoms. The molecule has 27 heavy (non-hydrogen) atoms. The molecule has 0 bridgehead atoms. The number of amidine groups is 1. The number of rotatable bonds is 7. The van der Waals surface area contributed by atoms with Crippen LogP contribution in [0.3, 0.4) is 0 Å². The molecule has 0 saturated heterocycles. The van der Waals surface area contributed by atoms with Crippen LogP contribution < -0.4 is 16.8 Å². The highest BCUT2D eigenvalue weighted by Gasteiger charge is 2.45. The standard InChI is InChI=1S/C20H33N7/c1-12(2)18-15(9-24-11-25-18)8-23-10-16(22)19(26-14(4)21)27-17-7-13(3)20(17,5)6/h9-13,17,27H,7-8,22H2,1-6H3,(H2,21,26)/b19-16-,23-10?/t13-,17+/m1/s1. The van der Waals surface area contributed by atoms with E-state index in [1.54, 1.807) is 25.7 Å². The Kier molecular flexibility index (Phi) is 6.57. The maximum atomic E-state index is 6.25. The first-order chi connectivity index (χ1) is 12.6. The van der Waals surface area contributed by atoms with Crippen LogP contribution in [0.1, 0.15) is 65.1 Å². The topological polar surface area (TPSA) is 115 Å². The van der Waals surface area contributed by atoms with Crippen LogP contribution in [0.5, 0.6) is 0 Å². The van der Waals surface area contributed by atoms with Gasteiger partial charge in [0, 0.05) is 24.0 Å². The van der Waals surface area contributed by atoms with E-state index in [1.165, 1.54) is 0 Å². The van der Waals surface area contributed by atoms with Crippen molar-refractivity contribution in [2.24, 2.45) is 32.8 Å². The van der Waals surface area contributed by atoms with E-state index in [0.717, 1.165) is 17.7 Å². The summed E-state index contributed by atoms with van der Waals surface area (Å²) in [6.45, 7) is 13.2. The predicted molar refractivity (Wildman–Crippen MR) is 111 cm³/mol. The Morgan fingerprint density at radius 3 is 2.67 bits per heavy atom. The Labute approximate surface area is 162 Å². The van der Waals surface area contributed by atoms with Gasteiger partial charge >= 0.3 is 0 Å². The highest BCUT2D eigenvalue weighted by molar-refractivity contribution is 5.82. The Hall–Kier alpha value is -2.44. The minimum Gasteiger partial charge on any atom is -0.394 e. The quantitative estimate of drug-likeness (QED) is 0.503. The summed E-state index contributed by atoms with van der Waals surface area (Å²) in [5, 5.41) is 3.45. The summed E-state index contributed by atoms with van der Waals surface area (Å²) in [5.74, 6) is 2.01. The number of allylic oxidation sites excluding steroid dienone is 1. The van der Waals surface area contributed by atoms with E-state index in [-0.39, 0.29) is 5.41 Å². The van der Waals surface area contributed by atoms with Gasteiger partial charge in [-0.05, 0) is 30.6 Å². The molecule has 2 atom stereocenters. The van der Waals surface area contributed by atoms with Gasteiger partial charge in [0.15, 0.2) is 5.82 Å². The van der Waals surface area contributed by atoms with Crippen LogP contribution in [-0.4, -0.2) is 28.1 Å². The Bertz CT molecular complexity index is 742. The van der Waals surface area contributed by atoms with Crippen molar-refractivity contribution in [1.29, 1.82) is 0 Å². The van der Waals surface area contributed by atoms with Crippen molar-refractivity contribution in [3.63, 3.8) is 0 Å². The summed E-state index contributed by atoms with van der Waals surface area (Å²) in [5.41, 5.74) is 14.7. The van der Waals surface area contributed by atoms with Crippen molar-refractivity contribution in [3.8, 4) is 0 Å². The van der Waals surface area contributed by atoms with Gasteiger partial charge in [-0.1, -0.05) is 34.6 Å². The zero-order chi connectivity index (χ0) is 20.2. The number of nitrogens with zero attached hydrogens (tertiary/aromatic N) is 4. The molecule has 2 rings (SSSR count). The van der Waals surface area contributed by atoms with Crippen molar-refractivity contribution in [2.45, 2.75) is 66.5 Å². The van der Waals surface area contributed by atoms with Crippen LogP contribution in [0.2, 0.25) is 0 Å². The van der Waals surface area contributed by atoms with Crippen molar-refractivity contribution >= 4 is 12.1 Å². The molecule has 0 aromatic carbocycles. The van der Waals surface area contributed by atoms with Crippen LogP contribution in [0.15, 0.2) is 34.0 Å². The molecule has 0 radical (unpaired) electrons. The number of aliphatic imine (C=N–C) groups is 2. The van der Waals surface area contributed by atoms with Gasteiger partial charge in [0.1, 0.15) is 6.33 Å². The average molecular weight is 372 g/mol. The van der Waals surface area contributed by atoms with Crippen molar-refractivity contribution in [2.75, 3.05) is 0 Å². The number of nitrogens with two attached hydrogens (primary N) is 2. The third-order valence-corrected chi connectivity index (χ3v) is 5.49. The van der Waals surface area contributed by atoms with E-state index in [9.17, 15) is 0 Å². The fraction of sp³-hybridized carbons (Fsp3) is 0.600. The fourth-order valence-corrected chi connectivity index (χ4v) is 3.22. The van der Waals surface area contributed by atoms with Crippen molar-refractivity contribution in [3.05, 3.63) is 35.3 Å². The largest absolute Gasteiger partial charge is 0.394 e. The van der Waals surface area contributed by atoms with Crippen molar-refractivity contribution < 1.29 is 0 Å². The molecule has 5 N–H and O–H groups in total. The lowest BCUT2D eigenvalue weighted by molar-refractivity contribution is 0.0335. The predicted octanol–water partition coefficient (Wildman–Crippen LogP) is 2.70. The van der Waals surface area contributed by atoms with E-state index >= 15 is 0 Å². The smallest absolute Gasteiger partial charge is 0.153 e. The summed E-state index contributed by atoms with van der Waals surface area (Å²) >= 11 is 0. The maximum absolute atomic E-state index is 6.25. The zero-order valence-electron chi connectivity index (χ0n) is 17.3. The normalized spacial score (nSPS) is 23.3. The van der Waals surface area contributed by atoms with Crippen LogP contribution in [-0.2, 0) is 6.54 Å². The van der Waals surface area contributed by atoms with Gasteiger partial charge < -0.3 is 16.8 Å². The van der Waals surface area contributed by atoms with E-state index in [0.29, 0.717) is 41.8 Å². The highest BCUT2D eigenvalue weighted by atomic mass is 15.1. The summed E-state index contributed by atoms with van der Waals surface area (Å²) in [4.78, 5) is 17.3. The van der Waals surface area contributed by atoms with E-state index in [2.05, 4.69) is 59.9 Å². The first-order valence-corrected chi connectivity index (χ1v) is 9.48. The SMILES string of the molecule is CC(N)=N/C(N[C@H]1C[C@@H](C)C1(C)C)=C(/N)C=NCc1cncnc1C(C)C. The molecule has 0 aliphatic heterocycles. The monoisotopic (exact) mass is 371 g/mol. The molecule has 1 aliphatic rings. The minimum atomic E-state index is 0.189. The van der Waals surface area contributed by atoms with Crippen LogP contribution in [0.25, 0.3) is 0 Å². The fourth-order valence-electron chi connectivity index (χ4n) is 3.22. The van der Waals surface area contributed by atoms with Gasteiger partial charge in [0.25, 0.3) is 0 Å². The van der Waals surface area contributed by atoms with Gasteiger partial charge in [-0.25, -0.2) is 15.0 Å². The summed E-state index contributed by atoms with van der Waals surface area (Å²) < 4.78 is 0. The second-order valence-electron chi connectivity index (χ2n) is 8.27. The molecule has 1 heterocycles. The van der Waals surface area contributed by atoms with Crippen LogP contribution in [0.4, 0.5) is 0 Å². The van der Waals surface area contributed by atoms with E-state index < -0.39 is 0 Å². The minimum absolute atomic E-state index is 0.189. The second kappa shape index (κ2) is 8.50. The van der Waals surface area contributed by atoms with Gasteiger partial charge in [-0.2, -0.15) is 0 Å². The first kappa shape index (κ1) is 20.9. The lowest BCUT2D eigenvalue weighted by Crippen LogP contribution is -2.55. The lowest BCUT2D eigenvalue weighted by Gasteiger charge is -2.51. The first-order valence-electron chi connectivity index (χ1n) is 9.48. The lowest BCUT2D eigenvalue weighted by atomic mass is 9.59. The molecule has 0 unspecified atom stereocenters. The number of hydrogen-bond donors (Lipinski definition) is 3. The summed E-state index contributed by atoms with van der Waals surface area (Å²) in [6.07, 6.45) is 6.10. The van der Waals surface area contributed by atoms with E-state index in [4.69, 9.17) is 11.5 Å². The zero-order valence-corrected chi connectivity index (χ0v) is 17.3. The summed E-state index contributed by atoms with van der Waals surface area (Å²) in [6, 6.07) is 0.313. The third-order valence-electron chi connectivity index (χ3n) is 5.49. The van der Waals surface area contributed by atoms with Crippen molar-refractivity contribution in [1.82, 2.24) is 15.3 Å². The van der Waals surface area contributed by atoms with Gasteiger partial charge in [-0.3, -0.25) is 4.99 Å². The number of aromatic nitrogens is 2. The molecule has 0 amide bonds. The molecular formula is C20H33N7. The molecule has 1 saturated carbocycles. The molecular weight excluding hydrogens is 338 g/mol. The van der Waals surface area contributed by atoms with E-state index in [1.807, 2.05) is 0 Å². The molecule has 1 fully saturated rings. The molecule has 7 nitrogen and oxygen atoms in total. The molecule has 1 aliphatic carbocycles. The number of nitrogens with one attached hydrogen (secondary N) is 1. The van der Waals surface area contributed by atoms with Crippen LogP contribution in [0, 0.1) is 11.3 Å².